The molecule has 1 saturated heterocycles. The SMILES string of the molecule is CC(C)(C)c1noc(=O)n1Cc1csc(C2CCCO2)n1. The predicted molar refractivity (Wildman–Crippen MR) is 78.6 cm³/mol. The third-order valence-electron chi connectivity index (χ3n) is 3.45. The van der Waals surface area contributed by atoms with E-state index in [0.717, 1.165) is 30.2 Å². The fourth-order valence-corrected chi connectivity index (χ4v) is 3.32. The molecule has 114 valence electrons. The number of ether oxygens (including phenoxy) is 1. The van der Waals surface area contributed by atoms with Crippen LogP contribution in [0.1, 0.15) is 56.2 Å². The van der Waals surface area contributed by atoms with E-state index in [4.69, 9.17) is 9.26 Å². The van der Waals surface area contributed by atoms with Gasteiger partial charge in [0.1, 0.15) is 11.1 Å². The van der Waals surface area contributed by atoms with Crippen molar-refractivity contribution in [1.82, 2.24) is 14.7 Å². The summed E-state index contributed by atoms with van der Waals surface area (Å²) in [5.74, 6) is 0.200. The molecule has 1 aliphatic heterocycles. The van der Waals surface area contributed by atoms with Crippen LogP contribution in [-0.2, 0) is 16.7 Å². The molecule has 0 saturated carbocycles. The van der Waals surface area contributed by atoms with E-state index in [1.54, 1.807) is 15.9 Å². The first-order chi connectivity index (χ1) is 9.95. The van der Waals surface area contributed by atoms with Gasteiger partial charge in [0.2, 0.25) is 0 Å². The van der Waals surface area contributed by atoms with Gasteiger partial charge in [-0.2, -0.15) is 0 Å². The highest BCUT2D eigenvalue weighted by Gasteiger charge is 2.25. The highest BCUT2D eigenvalue weighted by molar-refractivity contribution is 7.09. The Hall–Kier alpha value is -1.47. The predicted octanol–water partition coefficient (Wildman–Crippen LogP) is 2.49. The third-order valence-corrected chi connectivity index (χ3v) is 4.44. The quantitative estimate of drug-likeness (QED) is 0.871. The van der Waals surface area contributed by atoms with Gasteiger partial charge >= 0.3 is 5.76 Å². The summed E-state index contributed by atoms with van der Waals surface area (Å²) in [6.07, 6.45) is 2.22. The molecule has 3 rings (SSSR count). The Kier molecular flexibility index (Phi) is 3.71. The summed E-state index contributed by atoms with van der Waals surface area (Å²) in [7, 11) is 0. The van der Waals surface area contributed by atoms with Crippen LogP contribution in [-0.4, -0.2) is 21.3 Å². The molecule has 7 heteroatoms. The van der Waals surface area contributed by atoms with E-state index < -0.39 is 5.76 Å². The lowest BCUT2D eigenvalue weighted by Crippen LogP contribution is -2.25. The highest BCUT2D eigenvalue weighted by atomic mass is 32.1. The minimum absolute atomic E-state index is 0.116. The molecular formula is C14H19N3O3S. The molecule has 0 N–H and O–H groups in total. The van der Waals surface area contributed by atoms with Gasteiger partial charge in [-0.3, -0.25) is 9.09 Å². The maximum absolute atomic E-state index is 11.8. The second kappa shape index (κ2) is 5.38. The minimum atomic E-state index is -0.438. The Morgan fingerprint density at radius 1 is 1.48 bits per heavy atom. The monoisotopic (exact) mass is 309 g/mol. The first kappa shape index (κ1) is 14.5. The molecule has 2 aromatic heterocycles. The van der Waals surface area contributed by atoms with Crippen molar-refractivity contribution in [1.29, 1.82) is 0 Å². The molecule has 3 heterocycles. The summed E-state index contributed by atoms with van der Waals surface area (Å²) >= 11 is 1.59. The molecule has 0 aliphatic carbocycles. The van der Waals surface area contributed by atoms with Gasteiger partial charge in [0.15, 0.2) is 5.82 Å². The molecule has 0 aromatic carbocycles. The molecule has 1 aliphatic rings. The van der Waals surface area contributed by atoms with Crippen molar-refractivity contribution < 1.29 is 9.26 Å². The topological polar surface area (TPSA) is 70.2 Å². The number of hydrogen-bond donors (Lipinski definition) is 0. The molecule has 0 bridgehead atoms. The fraction of sp³-hybridized carbons (Fsp3) is 0.643. The fourth-order valence-electron chi connectivity index (χ4n) is 2.43. The molecule has 1 atom stereocenters. The molecule has 6 nitrogen and oxygen atoms in total. The van der Waals surface area contributed by atoms with E-state index in [0.29, 0.717) is 12.4 Å². The van der Waals surface area contributed by atoms with Gasteiger partial charge in [-0.1, -0.05) is 25.9 Å². The first-order valence-electron chi connectivity index (χ1n) is 7.08. The normalized spacial score (nSPS) is 19.3. The zero-order valence-corrected chi connectivity index (χ0v) is 13.3. The van der Waals surface area contributed by atoms with E-state index in [1.807, 2.05) is 26.2 Å². The van der Waals surface area contributed by atoms with Crippen LogP contribution in [0, 0.1) is 0 Å². The average molecular weight is 309 g/mol. The maximum Gasteiger partial charge on any atom is 0.441 e. The lowest BCUT2D eigenvalue weighted by Gasteiger charge is -2.16. The van der Waals surface area contributed by atoms with E-state index in [2.05, 4.69) is 10.1 Å². The average Bonchev–Trinajstić information content (AvgIpc) is 3.10. The van der Waals surface area contributed by atoms with Crippen molar-refractivity contribution in [2.24, 2.45) is 0 Å². The summed E-state index contributed by atoms with van der Waals surface area (Å²) in [5, 5.41) is 6.86. The van der Waals surface area contributed by atoms with Crippen LogP contribution in [0.5, 0.6) is 0 Å². The highest BCUT2D eigenvalue weighted by Crippen LogP contribution is 2.30. The van der Waals surface area contributed by atoms with E-state index >= 15 is 0 Å². The maximum atomic E-state index is 11.8. The van der Waals surface area contributed by atoms with E-state index in [9.17, 15) is 4.79 Å². The zero-order valence-electron chi connectivity index (χ0n) is 12.5. The molecular weight excluding hydrogens is 290 g/mol. The Balaban J connectivity index is 1.84. The minimum Gasteiger partial charge on any atom is -0.371 e. The Morgan fingerprint density at radius 3 is 2.95 bits per heavy atom. The van der Waals surface area contributed by atoms with Crippen LogP contribution in [0.15, 0.2) is 14.7 Å². The number of hydrogen-bond acceptors (Lipinski definition) is 6. The van der Waals surface area contributed by atoms with E-state index in [-0.39, 0.29) is 11.5 Å². The molecule has 0 radical (unpaired) electrons. The van der Waals surface area contributed by atoms with Gasteiger partial charge in [0.05, 0.1) is 12.2 Å². The smallest absolute Gasteiger partial charge is 0.371 e. The lowest BCUT2D eigenvalue weighted by molar-refractivity contribution is 0.111. The lowest BCUT2D eigenvalue weighted by atomic mass is 9.96. The van der Waals surface area contributed by atoms with Crippen LogP contribution < -0.4 is 5.76 Å². The van der Waals surface area contributed by atoms with Crippen molar-refractivity contribution in [2.45, 2.75) is 51.7 Å². The summed E-state index contributed by atoms with van der Waals surface area (Å²) in [5.41, 5.74) is 0.598. The second-order valence-electron chi connectivity index (χ2n) is 6.29. The number of rotatable bonds is 3. The third kappa shape index (κ3) is 2.94. The summed E-state index contributed by atoms with van der Waals surface area (Å²) < 4.78 is 12.0. The van der Waals surface area contributed by atoms with Gasteiger partial charge in [-0.25, -0.2) is 9.78 Å². The molecule has 2 aromatic rings. The van der Waals surface area contributed by atoms with Crippen molar-refractivity contribution in [2.75, 3.05) is 6.61 Å². The van der Waals surface area contributed by atoms with Crippen molar-refractivity contribution in [3.05, 3.63) is 32.5 Å². The van der Waals surface area contributed by atoms with E-state index in [1.165, 1.54) is 0 Å². The largest absolute Gasteiger partial charge is 0.441 e. The zero-order chi connectivity index (χ0) is 15.0. The van der Waals surface area contributed by atoms with Crippen LogP contribution in [0.25, 0.3) is 0 Å². The molecule has 1 fully saturated rings. The molecule has 0 amide bonds. The van der Waals surface area contributed by atoms with Crippen LogP contribution >= 0.6 is 11.3 Å². The van der Waals surface area contributed by atoms with Gasteiger partial charge in [-0.05, 0) is 12.8 Å². The number of aromatic nitrogens is 3. The number of nitrogens with zero attached hydrogens (tertiary/aromatic N) is 3. The van der Waals surface area contributed by atoms with Crippen LogP contribution in [0.4, 0.5) is 0 Å². The van der Waals surface area contributed by atoms with Crippen molar-refractivity contribution in [3.8, 4) is 0 Å². The molecule has 1 unspecified atom stereocenters. The van der Waals surface area contributed by atoms with Crippen LogP contribution in [0.3, 0.4) is 0 Å². The molecule has 0 spiro atoms. The Labute approximate surface area is 126 Å². The summed E-state index contributed by atoms with van der Waals surface area (Å²) in [4.78, 5) is 16.4. The van der Waals surface area contributed by atoms with Crippen molar-refractivity contribution >= 4 is 11.3 Å². The standard InChI is InChI=1S/C14H19N3O3S/c1-14(2,3)12-16-20-13(18)17(12)7-9-8-21-11(15-9)10-5-4-6-19-10/h8,10H,4-7H2,1-3H3. The summed E-state index contributed by atoms with van der Waals surface area (Å²) in [6.45, 7) is 7.19. The molecule has 21 heavy (non-hydrogen) atoms. The Bertz CT molecular complexity index is 674. The van der Waals surface area contributed by atoms with Crippen LogP contribution in [0.2, 0.25) is 0 Å². The second-order valence-corrected chi connectivity index (χ2v) is 7.18. The van der Waals surface area contributed by atoms with Gasteiger partial charge in [0.25, 0.3) is 0 Å². The van der Waals surface area contributed by atoms with Gasteiger partial charge in [0, 0.05) is 17.4 Å². The Morgan fingerprint density at radius 2 is 2.29 bits per heavy atom. The van der Waals surface area contributed by atoms with Gasteiger partial charge in [-0.15, -0.1) is 11.3 Å². The van der Waals surface area contributed by atoms with Gasteiger partial charge < -0.3 is 4.74 Å². The summed E-state index contributed by atoms with van der Waals surface area (Å²) in [6, 6.07) is 0. The van der Waals surface area contributed by atoms with Crippen molar-refractivity contribution in [3.63, 3.8) is 0 Å². The number of thiazole rings is 1. The first-order valence-corrected chi connectivity index (χ1v) is 7.96.